The molecule has 4 heterocycles. The van der Waals surface area contributed by atoms with Gasteiger partial charge in [0.1, 0.15) is 23.8 Å². The van der Waals surface area contributed by atoms with Crippen molar-refractivity contribution in [2.45, 2.75) is 49.1 Å². The zero-order valence-electron chi connectivity index (χ0n) is 20.4. The molecule has 0 aliphatic carbocycles. The second kappa shape index (κ2) is 12.2. The Morgan fingerprint density at radius 2 is 1.18 bits per heavy atom. The average Bonchev–Trinajstić information content (AvgIpc) is 3.36. The first-order valence-corrected chi connectivity index (χ1v) is 11.2. The van der Waals surface area contributed by atoms with Crippen LogP contribution < -0.4 is 22.8 Å². The van der Waals surface area contributed by atoms with Gasteiger partial charge in [0.05, 0.1) is 25.3 Å². The lowest BCUT2D eigenvalue weighted by Gasteiger charge is -2.22. The second-order valence-electron chi connectivity index (χ2n) is 8.60. The van der Waals surface area contributed by atoms with E-state index in [0.717, 1.165) is 9.13 Å². The van der Waals surface area contributed by atoms with E-state index in [0.29, 0.717) is 10.1 Å². The summed E-state index contributed by atoms with van der Waals surface area (Å²) in [4.78, 5) is 30.2. The van der Waals surface area contributed by atoms with Crippen molar-refractivity contribution in [1.29, 1.82) is 0 Å². The van der Waals surface area contributed by atoms with Gasteiger partial charge in [0.15, 0.2) is 24.8 Å². The van der Waals surface area contributed by atoms with Crippen LogP contribution in [0.1, 0.15) is 12.5 Å². The van der Waals surface area contributed by atoms with Crippen molar-refractivity contribution in [2.75, 3.05) is 38.8 Å². The monoisotopic (exact) mass is 548 g/mol. The van der Waals surface area contributed by atoms with Crippen molar-refractivity contribution >= 4 is 11.6 Å². The minimum absolute atomic E-state index is 0.0178. The van der Waals surface area contributed by atoms with Gasteiger partial charge in [0, 0.05) is 26.5 Å². The number of aliphatic hydroxyl groups excluding tert-OH is 2. The maximum absolute atomic E-state index is 14.3. The molecule has 0 amide bonds. The SMILES string of the molecule is CN(O)C1C(CO)OC(n2ccc(N)nc2=O)C1F.CN(O)C1C(CO)OC(n2ccc(N)nc2=O)C1F. The Bertz CT molecular complexity index is 1110. The highest BCUT2D eigenvalue weighted by molar-refractivity contribution is 5.24. The molecule has 2 aromatic rings. The number of halogens is 2. The summed E-state index contributed by atoms with van der Waals surface area (Å²) in [5, 5.41) is 38.3. The number of rotatable bonds is 6. The van der Waals surface area contributed by atoms with Crippen LogP contribution in [0.15, 0.2) is 34.1 Å². The van der Waals surface area contributed by atoms with Gasteiger partial charge in [-0.15, -0.1) is 0 Å². The van der Waals surface area contributed by atoms with Gasteiger partial charge >= 0.3 is 11.4 Å². The maximum Gasteiger partial charge on any atom is 0.351 e. The smallest absolute Gasteiger partial charge is 0.351 e. The number of alkyl halides is 2. The van der Waals surface area contributed by atoms with Crippen molar-refractivity contribution in [3.05, 3.63) is 45.5 Å². The summed E-state index contributed by atoms with van der Waals surface area (Å²) in [5.41, 5.74) is 9.17. The molecular formula is C20H30F2N8O8. The Balaban J connectivity index is 0.000000211. The van der Waals surface area contributed by atoms with Gasteiger partial charge in [-0.2, -0.15) is 20.1 Å². The van der Waals surface area contributed by atoms with Gasteiger partial charge < -0.3 is 41.6 Å². The summed E-state index contributed by atoms with van der Waals surface area (Å²) in [5.74, 6) is 0.0355. The Hall–Kier alpha value is -3.10. The van der Waals surface area contributed by atoms with Gasteiger partial charge in [-0.05, 0) is 12.1 Å². The largest absolute Gasteiger partial charge is 0.394 e. The minimum Gasteiger partial charge on any atom is -0.394 e. The van der Waals surface area contributed by atoms with Crippen molar-refractivity contribution in [1.82, 2.24) is 29.2 Å². The first-order valence-electron chi connectivity index (χ1n) is 11.2. The first kappa shape index (κ1) is 29.5. The van der Waals surface area contributed by atoms with E-state index in [-0.39, 0.29) is 11.6 Å². The van der Waals surface area contributed by atoms with Crippen LogP contribution in [-0.4, -0.2) is 114 Å². The van der Waals surface area contributed by atoms with Crippen LogP contribution in [0.4, 0.5) is 20.4 Å². The van der Waals surface area contributed by atoms with Gasteiger partial charge in [0.25, 0.3) is 0 Å². The van der Waals surface area contributed by atoms with E-state index in [1.165, 1.54) is 38.6 Å². The Labute approximate surface area is 213 Å². The van der Waals surface area contributed by atoms with Crippen molar-refractivity contribution < 1.29 is 38.9 Å². The Kier molecular flexibility index (Phi) is 9.44. The fourth-order valence-corrected chi connectivity index (χ4v) is 4.29. The molecule has 2 aliphatic heterocycles. The predicted octanol–water partition coefficient (Wildman–Crippen LogP) is -2.51. The molecule has 0 saturated carbocycles. The summed E-state index contributed by atoms with van der Waals surface area (Å²) in [6.45, 7) is -0.965. The zero-order valence-corrected chi connectivity index (χ0v) is 20.4. The van der Waals surface area contributed by atoms with E-state index >= 15 is 0 Å². The number of anilines is 2. The number of ether oxygens (including phenoxy) is 2. The van der Waals surface area contributed by atoms with Crippen LogP contribution in [0.25, 0.3) is 0 Å². The highest BCUT2D eigenvalue weighted by Crippen LogP contribution is 2.34. The summed E-state index contributed by atoms with van der Waals surface area (Å²) >= 11 is 0. The minimum atomic E-state index is -1.70. The topological polar surface area (TPSA) is 228 Å². The fourth-order valence-electron chi connectivity index (χ4n) is 4.29. The predicted molar refractivity (Wildman–Crippen MR) is 124 cm³/mol. The second-order valence-corrected chi connectivity index (χ2v) is 8.60. The molecule has 2 fully saturated rings. The van der Waals surface area contributed by atoms with Gasteiger partial charge in [-0.3, -0.25) is 9.13 Å². The summed E-state index contributed by atoms with van der Waals surface area (Å²) in [6, 6.07) is 0.530. The van der Waals surface area contributed by atoms with Gasteiger partial charge in [-0.1, -0.05) is 0 Å². The average molecular weight is 549 g/mol. The zero-order chi connectivity index (χ0) is 28.3. The molecule has 8 unspecified atom stereocenters. The lowest BCUT2D eigenvalue weighted by molar-refractivity contribution is -0.134. The molecule has 18 heteroatoms. The lowest BCUT2D eigenvalue weighted by Crippen LogP contribution is -2.43. The number of hydrogen-bond acceptors (Lipinski definition) is 14. The third-order valence-electron chi connectivity index (χ3n) is 6.06. The number of hydroxylamine groups is 4. The fraction of sp³-hybridized carbons (Fsp3) is 0.600. The van der Waals surface area contributed by atoms with Crippen molar-refractivity contribution in [2.24, 2.45) is 0 Å². The normalized spacial score (nSPS) is 31.0. The number of aromatic nitrogens is 4. The highest BCUT2D eigenvalue weighted by Gasteiger charge is 2.49. The van der Waals surface area contributed by atoms with E-state index in [9.17, 15) is 28.8 Å². The third kappa shape index (κ3) is 5.97. The van der Waals surface area contributed by atoms with Gasteiger partial charge in [0.2, 0.25) is 0 Å². The number of aliphatic hydroxyl groups is 2. The summed E-state index contributed by atoms with van der Waals surface area (Å²) in [6.07, 6.45) is -5.30. The molecule has 2 aliphatic rings. The molecule has 38 heavy (non-hydrogen) atoms. The maximum atomic E-state index is 14.3. The molecule has 8 atom stereocenters. The molecule has 2 saturated heterocycles. The molecule has 0 spiro atoms. The highest BCUT2D eigenvalue weighted by atomic mass is 19.1. The number of hydrogen-bond donors (Lipinski definition) is 6. The quantitative estimate of drug-likeness (QED) is 0.205. The molecule has 0 aromatic carbocycles. The molecule has 0 radical (unpaired) electrons. The van der Waals surface area contributed by atoms with Crippen molar-refractivity contribution in [3.8, 4) is 0 Å². The van der Waals surface area contributed by atoms with E-state index in [2.05, 4.69) is 9.97 Å². The van der Waals surface area contributed by atoms with Crippen LogP contribution in [-0.2, 0) is 9.47 Å². The molecule has 212 valence electrons. The van der Waals surface area contributed by atoms with E-state index in [1.54, 1.807) is 0 Å². The van der Waals surface area contributed by atoms with Gasteiger partial charge in [-0.25, -0.2) is 18.4 Å². The summed E-state index contributed by atoms with van der Waals surface area (Å²) < 4.78 is 40.9. The Morgan fingerprint density at radius 3 is 1.42 bits per heavy atom. The standard InChI is InChI=1S/2C10H15FN4O4/c2*1-14(18)8-5(4-16)19-9(7(8)11)15-3-2-6(12)13-10(15)17/h2*2-3,5,7-9,16,18H,4H2,1H3,(H2,12,13,17). The van der Waals surface area contributed by atoms with Crippen LogP contribution in [0.3, 0.4) is 0 Å². The van der Waals surface area contributed by atoms with Crippen LogP contribution in [0.2, 0.25) is 0 Å². The number of nitrogens with two attached hydrogens (primary N) is 2. The number of nitrogens with zero attached hydrogens (tertiary/aromatic N) is 6. The van der Waals surface area contributed by atoms with E-state index < -0.39 is 73.7 Å². The number of likely N-dealkylation sites (N-methyl/N-ethyl adjacent to an activating group) is 2. The van der Waals surface area contributed by atoms with Crippen LogP contribution in [0.5, 0.6) is 0 Å². The molecular weight excluding hydrogens is 518 g/mol. The summed E-state index contributed by atoms with van der Waals surface area (Å²) in [7, 11) is 2.49. The van der Waals surface area contributed by atoms with Crippen molar-refractivity contribution in [3.63, 3.8) is 0 Å². The van der Waals surface area contributed by atoms with Crippen LogP contribution >= 0.6 is 0 Å². The molecule has 4 rings (SSSR count). The number of nitrogen functional groups attached to an aromatic ring is 2. The molecule has 2 aromatic heterocycles. The van der Waals surface area contributed by atoms with E-state index in [1.807, 2.05) is 0 Å². The molecule has 16 nitrogen and oxygen atoms in total. The first-order chi connectivity index (χ1) is 17.9. The van der Waals surface area contributed by atoms with Crippen LogP contribution in [0, 0.1) is 0 Å². The third-order valence-corrected chi connectivity index (χ3v) is 6.06. The lowest BCUT2D eigenvalue weighted by atomic mass is 10.1. The molecule has 8 N–H and O–H groups in total. The molecule has 0 bridgehead atoms. The Morgan fingerprint density at radius 1 is 0.842 bits per heavy atom. The van der Waals surface area contributed by atoms with E-state index in [4.69, 9.17) is 31.2 Å².